The zero-order valence-electron chi connectivity index (χ0n) is 20.5. The molecule has 0 aromatic carbocycles. The molecule has 0 radical (unpaired) electrons. The predicted octanol–water partition coefficient (Wildman–Crippen LogP) is 3.80. The highest BCUT2D eigenvalue weighted by atomic mass is 127. The van der Waals surface area contributed by atoms with Crippen molar-refractivity contribution >= 4 is 36.0 Å². The second-order valence-corrected chi connectivity index (χ2v) is 9.13. The van der Waals surface area contributed by atoms with Gasteiger partial charge in [-0.15, -0.1) is 24.0 Å². The van der Waals surface area contributed by atoms with Gasteiger partial charge in [-0.25, -0.2) is 4.79 Å². The molecule has 0 fully saturated rings. The number of hydrogen-bond donors (Lipinski definition) is 2. The number of nitrogens with zero attached hydrogens (tertiary/aromatic N) is 4. The summed E-state index contributed by atoms with van der Waals surface area (Å²) in [5.74, 6) is 2.65. The van der Waals surface area contributed by atoms with Crippen molar-refractivity contribution in [3.63, 3.8) is 0 Å². The van der Waals surface area contributed by atoms with Gasteiger partial charge in [0.2, 0.25) is 5.89 Å². The first-order valence-electron chi connectivity index (χ1n) is 10.7. The van der Waals surface area contributed by atoms with Crippen LogP contribution in [0, 0.1) is 5.92 Å². The van der Waals surface area contributed by atoms with Crippen molar-refractivity contribution in [3.05, 3.63) is 11.7 Å². The van der Waals surface area contributed by atoms with Crippen LogP contribution < -0.4 is 10.6 Å². The third kappa shape index (κ3) is 11.6. The van der Waals surface area contributed by atoms with Crippen LogP contribution >= 0.6 is 24.0 Å². The molecule has 10 heteroatoms. The van der Waals surface area contributed by atoms with Gasteiger partial charge in [0.05, 0.1) is 0 Å². The maximum Gasteiger partial charge on any atom is 0.407 e. The minimum atomic E-state index is -0.511. The molecule has 0 aliphatic rings. The lowest BCUT2D eigenvalue weighted by molar-refractivity contribution is 0.0486. The fourth-order valence-electron chi connectivity index (χ4n) is 2.74. The highest BCUT2D eigenvalue weighted by Crippen LogP contribution is 2.12. The molecule has 0 aliphatic carbocycles. The molecule has 180 valence electrons. The average molecular weight is 553 g/mol. The second-order valence-electron chi connectivity index (χ2n) is 9.13. The smallest absolute Gasteiger partial charge is 0.407 e. The molecule has 0 spiro atoms. The van der Waals surface area contributed by atoms with E-state index in [1.54, 1.807) is 7.05 Å². The zero-order valence-corrected chi connectivity index (χ0v) is 22.8. The van der Waals surface area contributed by atoms with Gasteiger partial charge < -0.3 is 24.8 Å². The maximum absolute atomic E-state index is 12.1. The molecule has 31 heavy (non-hydrogen) atoms. The van der Waals surface area contributed by atoms with Gasteiger partial charge >= 0.3 is 6.09 Å². The molecular weight excluding hydrogens is 511 g/mol. The van der Waals surface area contributed by atoms with Crippen molar-refractivity contribution in [2.24, 2.45) is 10.9 Å². The highest BCUT2D eigenvalue weighted by Gasteiger charge is 2.22. The Morgan fingerprint density at radius 1 is 1.26 bits per heavy atom. The van der Waals surface area contributed by atoms with Crippen LogP contribution in [0.2, 0.25) is 0 Å². The van der Waals surface area contributed by atoms with E-state index in [-0.39, 0.29) is 47.9 Å². The van der Waals surface area contributed by atoms with Gasteiger partial charge in [-0.1, -0.05) is 32.9 Å². The summed E-state index contributed by atoms with van der Waals surface area (Å²) in [5, 5.41) is 10.3. The number of nitrogens with one attached hydrogen (secondary N) is 2. The van der Waals surface area contributed by atoms with Crippen molar-refractivity contribution in [1.82, 2.24) is 25.7 Å². The van der Waals surface area contributed by atoms with E-state index in [1.165, 1.54) is 0 Å². The standard InChI is InChI=1S/C21H40N6O3.HI/c1-14(2)16(24-20(28)29-21(5,6)7)11-13-27(9)19(22-8)23-12-10-17-25-18(15(3)4)26-30-17;/h14-16H,10-13H2,1-9H3,(H,22,23)(H,24,28);1H. The van der Waals surface area contributed by atoms with E-state index in [9.17, 15) is 4.79 Å². The van der Waals surface area contributed by atoms with Crippen molar-refractivity contribution in [1.29, 1.82) is 0 Å². The molecule has 1 heterocycles. The number of rotatable bonds is 9. The normalized spacial score (nSPS) is 13.1. The number of aromatic nitrogens is 2. The molecule has 0 saturated heterocycles. The first kappa shape index (κ1) is 29.4. The minimum Gasteiger partial charge on any atom is -0.444 e. The van der Waals surface area contributed by atoms with Crippen LogP contribution in [-0.2, 0) is 11.2 Å². The second kappa shape index (κ2) is 13.7. The summed E-state index contributed by atoms with van der Waals surface area (Å²) in [4.78, 5) is 22.9. The first-order valence-corrected chi connectivity index (χ1v) is 10.7. The largest absolute Gasteiger partial charge is 0.444 e. The summed E-state index contributed by atoms with van der Waals surface area (Å²) in [7, 11) is 3.73. The third-order valence-corrected chi connectivity index (χ3v) is 4.48. The molecule has 1 atom stereocenters. The van der Waals surface area contributed by atoms with Crippen LogP contribution in [0.15, 0.2) is 9.52 Å². The molecule has 2 N–H and O–H groups in total. The maximum atomic E-state index is 12.1. The van der Waals surface area contributed by atoms with Gasteiger partial charge in [0, 0.05) is 45.6 Å². The Kier molecular flexibility index (Phi) is 13.0. The number of carbonyl (C=O) groups excluding carboxylic acids is 1. The predicted molar refractivity (Wildman–Crippen MR) is 134 cm³/mol. The SMILES string of the molecule is CN=C(NCCc1nc(C(C)C)no1)N(C)CCC(NC(=O)OC(C)(C)C)C(C)C.I. The van der Waals surface area contributed by atoms with Gasteiger partial charge in [0.1, 0.15) is 5.60 Å². The van der Waals surface area contributed by atoms with E-state index in [2.05, 4.69) is 39.6 Å². The van der Waals surface area contributed by atoms with Gasteiger partial charge in [0.15, 0.2) is 11.8 Å². The van der Waals surface area contributed by atoms with E-state index in [4.69, 9.17) is 9.26 Å². The number of alkyl carbamates (subject to hydrolysis) is 1. The summed E-state index contributed by atoms with van der Waals surface area (Å²) >= 11 is 0. The van der Waals surface area contributed by atoms with Crippen LogP contribution in [-0.4, -0.2) is 65.9 Å². The fraction of sp³-hybridized carbons (Fsp3) is 0.810. The summed E-state index contributed by atoms with van der Waals surface area (Å²) in [6.45, 7) is 15.2. The van der Waals surface area contributed by atoms with Gasteiger partial charge in [-0.05, 0) is 33.1 Å². The quantitative estimate of drug-likeness (QED) is 0.273. The minimum absolute atomic E-state index is 0. The Labute approximate surface area is 204 Å². The third-order valence-electron chi connectivity index (χ3n) is 4.48. The lowest BCUT2D eigenvalue weighted by Gasteiger charge is -2.28. The van der Waals surface area contributed by atoms with E-state index >= 15 is 0 Å². The van der Waals surface area contributed by atoms with Crippen molar-refractivity contribution in [2.45, 2.75) is 78.9 Å². The molecular formula is C21H41IN6O3. The Morgan fingerprint density at radius 3 is 2.39 bits per heavy atom. The molecule has 0 bridgehead atoms. The number of hydrogen-bond acceptors (Lipinski definition) is 6. The van der Waals surface area contributed by atoms with Crippen LogP contribution in [0.5, 0.6) is 0 Å². The van der Waals surface area contributed by atoms with Crippen molar-refractivity contribution in [2.75, 3.05) is 27.2 Å². The van der Waals surface area contributed by atoms with Crippen molar-refractivity contribution in [3.8, 4) is 0 Å². The summed E-state index contributed by atoms with van der Waals surface area (Å²) < 4.78 is 10.7. The van der Waals surface area contributed by atoms with Crippen LogP contribution in [0.4, 0.5) is 4.79 Å². The Balaban J connectivity index is 0.00000900. The molecule has 1 rings (SSSR count). The molecule has 1 unspecified atom stereocenters. The number of guanidine groups is 1. The van der Waals surface area contributed by atoms with Crippen LogP contribution in [0.3, 0.4) is 0 Å². The number of amides is 1. The first-order chi connectivity index (χ1) is 13.9. The number of halogens is 1. The van der Waals surface area contributed by atoms with Crippen LogP contribution in [0.25, 0.3) is 0 Å². The highest BCUT2D eigenvalue weighted by molar-refractivity contribution is 14.0. The Morgan fingerprint density at radius 2 is 1.90 bits per heavy atom. The molecule has 0 saturated carbocycles. The fourth-order valence-corrected chi connectivity index (χ4v) is 2.74. The number of ether oxygens (including phenoxy) is 1. The summed E-state index contributed by atoms with van der Waals surface area (Å²) in [6.07, 6.45) is 1.02. The topological polar surface area (TPSA) is 105 Å². The Bertz CT molecular complexity index is 685. The van der Waals surface area contributed by atoms with E-state index in [0.29, 0.717) is 18.9 Å². The van der Waals surface area contributed by atoms with E-state index < -0.39 is 5.60 Å². The monoisotopic (exact) mass is 552 g/mol. The van der Waals surface area contributed by atoms with Crippen molar-refractivity contribution < 1.29 is 14.1 Å². The lowest BCUT2D eigenvalue weighted by Crippen LogP contribution is -2.45. The van der Waals surface area contributed by atoms with E-state index in [0.717, 1.165) is 24.7 Å². The van der Waals surface area contributed by atoms with Gasteiger partial charge in [-0.2, -0.15) is 4.98 Å². The zero-order chi connectivity index (χ0) is 22.9. The summed E-state index contributed by atoms with van der Waals surface area (Å²) in [6, 6.07) is 0.00764. The van der Waals surface area contributed by atoms with Gasteiger partial charge in [0.25, 0.3) is 0 Å². The summed E-state index contributed by atoms with van der Waals surface area (Å²) in [5.41, 5.74) is -0.511. The molecule has 9 nitrogen and oxygen atoms in total. The molecule has 1 aromatic heterocycles. The number of aliphatic imine (C=N–C) groups is 1. The van der Waals surface area contributed by atoms with Gasteiger partial charge in [-0.3, -0.25) is 4.99 Å². The van der Waals surface area contributed by atoms with Crippen LogP contribution in [0.1, 0.15) is 72.5 Å². The molecule has 0 aliphatic heterocycles. The molecule has 1 amide bonds. The average Bonchev–Trinajstić information content (AvgIpc) is 3.09. The van der Waals surface area contributed by atoms with E-state index in [1.807, 2.05) is 46.6 Å². The molecule has 1 aromatic rings. The number of carbonyl (C=O) groups is 1. The lowest BCUT2D eigenvalue weighted by atomic mass is 10.0. The Hall–Kier alpha value is -1.59.